The van der Waals surface area contributed by atoms with Gasteiger partial charge in [0.05, 0.1) is 25.0 Å². The summed E-state index contributed by atoms with van der Waals surface area (Å²) in [7, 11) is 1.34. The van der Waals surface area contributed by atoms with Crippen molar-refractivity contribution in [2.45, 2.75) is 20.0 Å². The summed E-state index contributed by atoms with van der Waals surface area (Å²) in [5.41, 5.74) is 1.92. The zero-order valence-electron chi connectivity index (χ0n) is 15.8. The van der Waals surface area contributed by atoms with Gasteiger partial charge in [-0.1, -0.05) is 6.07 Å². The zero-order valence-corrected chi connectivity index (χ0v) is 15.8. The van der Waals surface area contributed by atoms with E-state index in [1.54, 1.807) is 24.3 Å². The second-order valence-electron chi connectivity index (χ2n) is 6.18. The molecule has 1 heterocycles. The maximum absolute atomic E-state index is 11.6. The molecular formula is C20H21N5O3. The molecule has 0 radical (unpaired) electrons. The lowest BCUT2D eigenvalue weighted by Crippen LogP contribution is -2.05. The van der Waals surface area contributed by atoms with E-state index in [0.717, 1.165) is 11.4 Å². The van der Waals surface area contributed by atoms with E-state index in [1.807, 2.05) is 38.1 Å². The summed E-state index contributed by atoms with van der Waals surface area (Å²) < 4.78 is 10.4. The quantitative estimate of drug-likeness (QED) is 0.596. The lowest BCUT2D eigenvalue weighted by atomic mass is 10.2. The van der Waals surface area contributed by atoms with E-state index in [2.05, 4.69) is 25.8 Å². The molecule has 144 valence electrons. The monoisotopic (exact) mass is 379 g/mol. The summed E-state index contributed by atoms with van der Waals surface area (Å²) in [4.78, 5) is 16.0. The van der Waals surface area contributed by atoms with E-state index in [4.69, 9.17) is 9.47 Å². The van der Waals surface area contributed by atoms with Crippen LogP contribution in [0.25, 0.3) is 0 Å². The Kier molecular flexibility index (Phi) is 6.01. The van der Waals surface area contributed by atoms with Gasteiger partial charge in [-0.3, -0.25) is 0 Å². The first-order chi connectivity index (χ1) is 13.5. The highest BCUT2D eigenvalue weighted by molar-refractivity contribution is 5.90. The first-order valence-corrected chi connectivity index (χ1v) is 8.72. The summed E-state index contributed by atoms with van der Waals surface area (Å²) >= 11 is 0. The van der Waals surface area contributed by atoms with Crippen molar-refractivity contribution in [3.8, 4) is 5.75 Å². The number of anilines is 4. The Morgan fingerprint density at radius 3 is 2.54 bits per heavy atom. The Labute approximate surface area is 162 Å². The van der Waals surface area contributed by atoms with Gasteiger partial charge >= 0.3 is 5.97 Å². The summed E-state index contributed by atoms with van der Waals surface area (Å²) in [6.45, 7) is 3.96. The van der Waals surface area contributed by atoms with Crippen LogP contribution in [0.1, 0.15) is 24.2 Å². The molecule has 8 heteroatoms. The molecule has 0 spiro atoms. The van der Waals surface area contributed by atoms with Crippen LogP contribution in [-0.4, -0.2) is 34.4 Å². The van der Waals surface area contributed by atoms with Gasteiger partial charge in [0.1, 0.15) is 5.75 Å². The third kappa shape index (κ3) is 5.16. The zero-order chi connectivity index (χ0) is 19.9. The molecule has 0 atom stereocenters. The minimum atomic E-state index is -0.414. The molecule has 0 aliphatic heterocycles. The molecule has 0 aliphatic carbocycles. The maximum atomic E-state index is 11.6. The second kappa shape index (κ2) is 8.81. The molecule has 0 saturated carbocycles. The van der Waals surface area contributed by atoms with Crippen molar-refractivity contribution in [3.63, 3.8) is 0 Å². The summed E-state index contributed by atoms with van der Waals surface area (Å²) in [5, 5.41) is 14.1. The smallest absolute Gasteiger partial charge is 0.337 e. The lowest BCUT2D eigenvalue weighted by molar-refractivity contribution is 0.0601. The van der Waals surface area contributed by atoms with Crippen LogP contribution in [-0.2, 0) is 4.74 Å². The fourth-order valence-corrected chi connectivity index (χ4v) is 2.42. The molecule has 2 aromatic carbocycles. The molecule has 0 unspecified atom stereocenters. The Morgan fingerprint density at radius 2 is 1.82 bits per heavy atom. The summed E-state index contributed by atoms with van der Waals surface area (Å²) in [5.74, 6) is 1.21. The normalized spacial score (nSPS) is 10.4. The number of carbonyl (C=O) groups excluding carboxylic acids is 1. The highest BCUT2D eigenvalue weighted by Crippen LogP contribution is 2.21. The van der Waals surface area contributed by atoms with Gasteiger partial charge < -0.3 is 20.1 Å². The topological polar surface area (TPSA) is 98.3 Å². The van der Waals surface area contributed by atoms with E-state index < -0.39 is 5.97 Å². The third-order valence-corrected chi connectivity index (χ3v) is 3.60. The minimum Gasteiger partial charge on any atom is -0.491 e. The highest BCUT2D eigenvalue weighted by atomic mass is 16.5. The maximum Gasteiger partial charge on any atom is 0.337 e. The molecule has 0 aliphatic rings. The molecule has 0 amide bonds. The van der Waals surface area contributed by atoms with Crippen LogP contribution in [0.5, 0.6) is 5.75 Å². The van der Waals surface area contributed by atoms with Crippen LogP contribution in [0.2, 0.25) is 0 Å². The van der Waals surface area contributed by atoms with E-state index in [9.17, 15) is 4.79 Å². The van der Waals surface area contributed by atoms with Crippen molar-refractivity contribution >= 4 is 29.1 Å². The number of ether oxygens (including phenoxy) is 2. The number of hydrogen-bond acceptors (Lipinski definition) is 8. The van der Waals surface area contributed by atoms with E-state index in [0.29, 0.717) is 23.0 Å². The number of benzene rings is 2. The number of methoxy groups -OCH3 is 1. The van der Waals surface area contributed by atoms with Gasteiger partial charge in [0.15, 0.2) is 5.82 Å². The van der Waals surface area contributed by atoms with Crippen LogP contribution in [0.3, 0.4) is 0 Å². The van der Waals surface area contributed by atoms with Crippen molar-refractivity contribution in [3.05, 3.63) is 60.3 Å². The Morgan fingerprint density at radius 1 is 1.04 bits per heavy atom. The Bertz CT molecular complexity index is 945. The highest BCUT2D eigenvalue weighted by Gasteiger charge is 2.07. The third-order valence-electron chi connectivity index (χ3n) is 3.60. The standard InChI is InChI=1S/C20H21N5O3/c1-13(2)28-17-9-7-15(8-10-17)22-18-12-21-25-20(24-18)23-16-6-4-5-14(11-16)19(26)27-3/h4-13H,1-3H3,(H2,22,23,24,25). The van der Waals surface area contributed by atoms with Crippen LogP contribution in [0, 0.1) is 0 Å². The first-order valence-electron chi connectivity index (χ1n) is 8.72. The van der Waals surface area contributed by atoms with Gasteiger partial charge in [-0.15, -0.1) is 5.10 Å². The second-order valence-corrected chi connectivity index (χ2v) is 6.18. The van der Waals surface area contributed by atoms with Crippen molar-refractivity contribution in [1.29, 1.82) is 0 Å². The van der Waals surface area contributed by atoms with Crippen LogP contribution in [0.4, 0.5) is 23.1 Å². The number of nitrogens with zero attached hydrogens (tertiary/aromatic N) is 3. The number of esters is 1. The van der Waals surface area contributed by atoms with Gasteiger partial charge in [0.25, 0.3) is 0 Å². The molecule has 2 N–H and O–H groups in total. The van der Waals surface area contributed by atoms with E-state index in [-0.39, 0.29) is 6.10 Å². The van der Waals surface area contributed by atoms with Crippen molar-refractivity contribution in [2.75, 3.05) is 17.7 Å². The lowest BCUT2D eigenvalue weighted by Gasteiger charge is -2.11. The van der Waals surface area contributed by atoms with E-state index >= 15 is 0 Å². The van der Waals surface area contributed by atoms with Crippen LogP contribution >= 0.6 is 0 Å². The fourth-order valence-electron chi connectivity index (χ4n) is 2.42. The fraction of sp³-hybridized carbons (Fsp3) is 0.200. The van der Waals surface area contributed by atoms with Gasteiger partial charge in [-0.25, -0.2) is 4.79 Å². The van der Waals surface area contributed by atoms with Gasteiger partial charge in [0.2, 0.25) is 5.95 Å². The van der Waals surface area contributed by atoms with Crippen LogP contribution < -0.4 is 15.4 Å². The molecular weight excluding hydrogens is 358 g/mol. The molecule has 3 rings (SSSR count). The average Bonchev–Trinajstić information content (AvgIpc) is 2.69. The number of carbonyl (C=O) groups is 1. The summed E-state index contributed by atoms with van der Waals surface area (Å²) in [6, 6.07) is 14.4. The Balaban J connectivity index is 1.70. The van der Waals surface area contributed by atoms with Gasteiger partial charge in [-0.2, -0.15) is 10.1 Å². The van der Waals surface area contributed by atoms with Crippen molar-refractivity contribution in [2.24, 2.45) is 0 Å². The average molecular weight is 379 g/mol. The van der Waals surface area contributed by atoms with Gasteiger partial charge in [0, 0.05) is 11.4 Å². The van der Waals surface area contributed by atoms with Crippen LogP contribution in [0.15, 0.2) is 54.7 Å². The molecule has 1 aromatic heterocycles. The first kappa shape index (κ1) is 19.1. The molecule has 0 saturated heterocycles. The molecule has 3 aromatic rings. The SMILES string of the molecule is COC(=O)c1cccc(Nc2nncc(Nc3ccc(OC(C)C)cc3)n2)c1. The molecule has 8 nitrogen and oxygen atoms in total. The molecule has 0 fully saturated rings. The summed E-state index contributed by atoms with van der Waals surface area (Å²) in [6.07, 6.45) is 1.64. The number of nitrogens with one attached hydrogen (secondary N) is 2. The van der Waals surface area contributed by atoms with Gasteiger partial charge in [-0.05, 0) is 56.3 Å². The molecule has 28 heavy (non-hydrogen) atoms. The van der Waals surface area contributed by atoms with E-state index in [1.165, 1.54) is 13.3 Å². The largest absolute Gasteiger partial charge is 0.491 e. The number of rotatable bonds is 7. The number of hydrogen-bond donors (Lipinski definition) is 2. The van der Waals surface area contributed by atoms with Crippen molar-refractivity contribution in [1.82, 2.24) is 15.2 Å². The predicted molar refractivity (Wildman–Crippen MR) is 106 cm³/mol. The minimum absolute atomic E-state index is 0.121. The van der Waals surface area contributed by atoms with Crippen molar-refractivity contribution < 1.29 is 14.3 Å². The molecule has 0 bridgehead atoms. The Hall–Kier alpha value is -3.68. The predicted octanol–water partition coefficient (Wildman–Crippen LogP) is 3.93. The number of aromatic nitrogens is 3.